The average molecular weight is 274 g/mol. The van der Waals surface area contributed by atoms with E-state index in [1.54, 1.807) is 0 Å². The molecule has 0 aromatic carbocycles. The summed E-state index contributed by atoms with van der Waals surface area (Å²) in [6.45, 7) is 2.87. The Kier molecular flexibility index (Phi) is 6.78. The number of halogens is 1. The number of thiophene rings is 1. The highest BCUT2D eigenvalue weighted by Gasteiger charge is 2.10. The lowest BCUT2D eigenvalue weighted by molar-refractivity contribution is -0.118. The lowest BCUT2D eigenvalue weighted by Crippen LogP contribution is -2.10. The number of carbonyl (C=O) groups excluding carboxylic acids is 1. The third kappa shape index (κ3) is 5.66. The van der Waals surface area contributed by atoms with Gasteiger partial charge in [-0.25, -0.2) is 0 Å². The zero-order chi connectivity index (χ0) is 12.7. The summed E-state index contributed by atoms with van der Waals surface area (Å²) in [5.41, 5.74) is 5.54. The van der Waals surface area contributed by atoms with Gasteiger partial charge in [0.15, 0.2) is 0 Å². The monoisotopic (exact) mass is 273 g/mol. The Hall–Kier alpha value is -0.380. The van der Waals surface area contributed by atoms with Crippen molar-refractivity contribution < 1.29 is 4.79 Å². The first-order valence-electron chi connectivity index (χ1n) is 6.11. The van der Waals surface area contributed by atoms with Crippen LogP contribution < -0.4 is 5.73 Å². The maximum absolute atomic E-state index is 11.8. The van der Waals surface area contributed by atoms with Gasteiger partial charge in [-0.2, -0.15) is 0 Å². The number of nitrogens with two attached hydrogens (primary N) is 1. The number of carbonyl (C=O) groups is 1. The summed E-state index contributed by atoms with van der Waals surface area (Å²) in [6.07, 6.45) is 4.28. The summed E-state index contributed by atoms with van der Waals surface area (Å²) in [4.78, 5) is 12.8. The quantitative estimate of drug-likeness (QED) is 0.785. The SMILES string of the molecule is CCC(CCN)CCC(=O)Cc1ccc(Cl)s1. The largest absolute Gasteiger partial charge is 0.330 e. The minimum absolute atomic E-state index is 0.305. The predicted octanol–water partition coefficient (Wildman–Crippen LogP) is 3.67. The number of Topliss-reactive ketones (excluding diaryl/α,β-unsaturated/α-hetero) is 1. The van der Waals surface area contributed by atoms with E-state index in [2.05, 4.69) is 6.92 Å². The fourth-order valence-corrected chi connectivity index (χ4v) is 3.00. The van der Waals surface area contributed by atoms with E-state index in [0.717, 1.165) is 28.5 Å². The first kappa shape index (κ1) is 14.7. The van der Waals surface area contributed by atoms with Crippen LogP contribution in [-0.2, 0) is 11.2 Å². The highest BCUT2D eigenvalue weighted by Crippen LogP contribution is 2.23. The van der Waals surface area contributed by atoms with Crippen molar-refractivity contribution in [2.45, 2.75) is 39.0 Å². The van der Waals surface area contributed by atoms with Crippen molar-refractivity contribution >= 4 is 28.7 Å². The van der Waals surface area contributed by atoms with Gasteiger partial charge in [0.1, 0.15) is 5.78 Å². The van der Waals surface area contributed by atoms with E-state index >= 15 is 0 Å². The molecule has 1 rings (SSSR count). The lowest BCUT2D eigenvalue weighted by atomic mass is 9.95. The molecule has 0 radical (unpaired) electrons. The maximum atomic E-state index is 11.8. The van der Waals surface area contributed by atoms with E-state index in [1.165, 1.54) is 11.3 Å². The molecule has 17 heavy (non-hydrogen) atoms. The molecular formula is C13H20ClNOS. The van der Waals surface area contributed by atoms with E-state index in [1.807, 2.05) is 12.1 Å². The van der Waals surface area contributed by atoms with Crippen molar-refractivity contribution in [1.29, 1.82) is 0 Å². The Labute approximate surface area is 112 Å². The highest BCUT2D eigenvalue weighted by atomic mass is 35.5. The van der Waals surface area contributed by atoms with Crippen LogP contribution in [0.5, 0.6) is 0 Å². The zero-order valence-electron chi connectivity index (χ0n) is 10.2. The predicted molar refractivity (Wildman–Crippen MR) is 74.7 cm³/mol. The molecule has 0 spiro atoms. The number of hydrogen-bond donors (Lipinski definition) is 1. The Morgan fingerprint density at radius 3 is 2.76 bits per heavy atom. The summed E-state index contributed by atoms with van der Waals surface area (Å²) in [6, 6.07) is 3.78. The first-order valence-corrected chi connectivity index (χ1v) is 7.31. The van der Waals surface area contributed by atoms with Gasteiger partial charge < -0.3 is 5.73 Å². The molecule has 0 saturated carbocycles. The molecule has 1 aromatic rings. The van der Waals surface area contributed by atoms with Crippen molar-refractivity contribution in [3.8, 4) is 0 Å². The van der Waals surface area contributed by atoms with Crippen molar-refractivity contribution in [2.24, 2.45) is 11.7 Å². The summed E-state index contributed by atoms with van der Waals surface area (Å²) < 4.78 is 0.752. The van der Waals surface area contributed by atoms with E-state index < -0.39 is 0 Å². The molecule has 0 aliphatic rings. The third-order valence-electron chi connectivity index (χ3n) is 2.98. The van der Waals surface area contributed by atoms with Crippen molar-refractivity contribution in [3.05, 3.63) is 21.3 Å². The Morgan fingerprint density at radius 1 is 1.47 bits per heavy atom. The van der Waals surface area contributed by atoms with E-state index in [-0.39, 0.29) is 0 Å². The van der Waals surface area contributed by atoms with Gasteiger partial charge in [-0.1, -0.05) is 24.9 Å². The molecule has 0 aliphatic heterocycles. The second-order valence-electron chi connectivity index (χ2n) is 4.31. The van der Waals surface area contributed by atoms with Crippen molar-refractivity contribution in [2.75, 3.05) is 6.54 Å². The minimum atomic E-state index is 0.305. The molecule has 1 unspecified atom stereocenters. The van der Waals surface area contributed by atoms with Crippen LogP contribution in [0.4, 0.5) is 0 Å². The number of hydrogen-bond acceptors (Lipinski definition) is 3. The second-order valence-corrected chi connectivity index (χ2v) is 6.11. The standard InChI is InChI=1S/C13H20ClNOS/c1-2-10(7-8-15)3-4-11(16)9-12-5-6-13(14)17-12/h5-6,10H,2-4,7-9,15H2,1H3. The number of ketones is 1. The summed E-state index contributed by atoms with van der Waals surface area (Å²) in [7, 11) is 0. The molecule has 0 saturated heterocycles. The van der Waals surface area contributed by atoms with Crippen LogP contribution >= 0.6 is 22.9 Å². The normalized spacial score (nSPS) is 12.6. The van der Waals surface area contributed by atoms with Crippen LogP contribution in [0.2, 0.25) is 4.34 Å². The average Bonchev–Trinajstić information content (AvgIpc) is 2.70. The van der Waals surface area contributed by atoms with Crippen molar-refractivity contribution in [1.82, 2.24) is 0 Å². The van der Waals surface area contributed by atoms with Crippen LogP contribution in [0.3, 0.4) is 0 Å². The van der Waals surface area contributed by atoms with Gasteiger partial charge >= 0.3 is 0 Å². The molecular weight excluding hydrogens is 254 g/mol. The van der Waals surface area contributed by atoms with E-state index in [4.69, 9.17) is 17.3 Å². The Balaban J connectivity index is 2.29. The fourth-order valence-electron chi connectivity index (χ4n) is 1.88. The zero-order valence-corrected chi connectivity index (χ0v) is 11.8. The van der Waals surface area contributed by atoms with Gasteiger partial charge in [0.25, 0.3) is 0 Å². The highest BCUT2D eigenvalue weighted by molar-refractivity contribution is 7.16. The molecule has 1 atom stereocenters. The van der Waals surface area contributed by atoms with Gasteiger partial charge in [0.2, 0.25) is 0 Å². The van der Waals surface area contributed by atoms with Crippen molar-refractivity contribution in [3.63, 3.8) is 0 Å². The van der Waals surface area contributed by atoms with Gasteiger partial charge in [-0.05, 0) is 37.4 Å². The Morgan fingerprint density at radius 2 is 2.24 bits per heavy atom. The molecule has 1 aromatic heterocycles. The molecule has 0 fully saturated rings. The molecule has 2 N–H and O–H groups in total. The molecule has 4 heteroatoms. The summed E-state index contributed by atoms with van der Waals surface area (Å²) >= 11 is 7.32. The summed E-state index contributed by atoms with van der Waals surface area (Å²) in [5, 5.41) is 0. The van der Waals surface area contributed by atoms with Gasteiger partial charge in [-0.15, -0.1) is 11.3 Å². The number of rotatable bonds is 8. The topological polar surface area (TPSA) is 43.1 Å². The van der Waals surface area contributed by atoms with Crippen LogP contribution in [0.25, 0.3) is 0 Å². The smallest absolute Gasteiger partial charge is 0.138 e. The molecule has 1 heterocycles. The third-order valence-corrected chi connectivity index (χ3v) is 4.22. The van der Waals surface area contributed by atoms with Gasteiger partial charge in [-0.3, -0.25) is 4.79 Å². The van der Waals surface area contributed by atoms with Crippen LogP contribution in [0.1, 0.15) is 37.5 Å². The molecule has 0 bridgehead atoms. The van der Waals surface area contributed by atoms with Gasteiger partial charge in [0.05, 0.1) is 4.34 Å². The van der Waals surface area contributed by atoms with E-state index in [0.29, 0.717) is 31.1 Å². The first-order chi connectivity index (χ1) is 8.15. The van der Waals surface area contributed by atoms with Crippen LogP contribution in [0.15, 0.2) is 12.1 Å². The van der Waals surface area contributed by atoms with E-state index in [9.17, 15) is 4.79 Å². The summed E-state index contributed by atoms with van der Waals surface area (Å²) in [5.74, 6) is 0.898. The molecule has 0 amide bonds. The Bertz CT molecular complexity index is 351. The molecule has 2 nitrogen and oxygen atoms in total. The maximum Gasteiger partial charge on any atom is 0.138 e. The second kappa shape index (κ2) is 7.85. The molecule has 0 aliphatic carbocycles. The minimum Gasteiger partial charge on any atom is -0.330 e. The van der Waals surface area contributed by atoms with Crippen LogP contribution in [0, 0.1) is 5.92 Å². The lowest BCUT2D eigenvalue weighted by Gasteiger charge is -2.12. The van der Waals surface area contributed by atoms with Gasteiger partial charge in [0, 0.05) is 17.7 Å². The van der Waals surface area contributed by atoms with Crippen LogP contribution in [-0.4, -0.2) is 12.3 Å². The molecule has 96 valence electrons. The fraction of sp³-hybridized carbons (Fsp3) is 0.615.